The SMILES string of the molecule is Cn1cc(C=CC(=O)NCCc2nncn2C2CC2)c2ccccc21. The molecule has 0 bridgehead atoms. The van der Waals surface area contributed by atoms with E-state index in [0.717, 1.165) is 22.3 Å². The predicted molar refractivity (Wildman–Crippen MR) is 97.0 cm³/mol. The Bertz CT molecular complexity index is 932. The lowest BCUT2D eigenvalue weighted by Crippen LogP contribution is -2.24. The second-order valence-electron chi connectivity index (χ2n) is 6.47. The number of aryl methyl sites for hydroxylation is 1. The average Bonchev–Trinajstić information content (AvgIpc) is 3.28. The first-order valence-corrected chi connectivity index (χ1v) is 8.61. The monoisotopic (exact) mass is 335 g/mol. The minimum Gasteiger partial charge on any atom is -0.352 e. The fourth-order valence-electron chi connectivity index (χ4n) is 3.13. The van der Waals surface area contributed by atoms with Crippen molar-refractivity contribution in [1.82, 2.24) is 24.6 Å². The molecule has 1 aromatic carbocycles. The molecule has 2 aromatic heterocycles. The molecule has 0 saturated heterocycles. The third kappa shape index (κ3) is 3.33. The van der Waals surface area contributed by atoms with Gasteiger partial charge in [-0.2, -0.15) is 0 Å². The summed E-state index contributed by atoms with van der Waals surface area (Å²) in [4.78, 5) is 12.1. The van der Waals surface area contributed by atoms with Gasteiger partial charge in [0, 0.05) is 54.8 Å². The van der Waals surface area contributed by atoms with Crippen molar-refractivity contribution in [1.29, 1.82) is 0 Å². The molecule has 0 atom stereocenters. The number of nitrogens with zero attached hydrogens (tertiary/aromatic N) is 4. The van der Waals surface area contributed by atoms with Gasteiger partial charge >= 0.3 is 0 Å². The maximum absolute atomic E-state index is 12.1. The van der Waals surface area contributed by atoms with Gasteiger partial charge < -0.3 is 14.5 Å². The van der Waals surface area contributed by atoms with Crippen molar-refractivity contribution in [2.45, 2.75) is 25.3 Å². The number of para-hydroxylation sites is 1. The summed E-state index contributed by atoms with van der Waals surface area (Å²) < 4.78 is 4.19. The van der Waals surface area contributed by atoms with Crippen LogP contribution < -0.4 is 5.32 Å². The Hall–Kier alpha value is -2.89. The van der Waals surface area contributed by atoms with Gasteiger partial charge in [-0.1, -0.05) is 18.2 Å². The van der Waals surface area contributed by atoms with Crippen LogP contribution in [0.4, 0.5) is 0 Å². The molecule has 1 N–H and O–H groups in total. The summed E-state index contributed by atoms with van der Waals surface area (Å²) in [5.41, 5.74) is 2.20. The summed E-state index contributed by atoms with van der Waals surface area (Å²) in [5, 5.41) is 12.2. The molecule has 1 saturated carbocycles. The molecule has 25 heavy (non-hydrogen) atoms. The van der Waals surface area contributed by atoms with Gasteiger partial charge in [0.15, 0.2) is 0 Å². The van der Waals surface area contributed by atoms with Gasteiger partial charge in [0.05, 0.1) is 0 Å². The highest BCUT2D eigenvalue weighted by atomic mass is 16.1. The van der Waals surface area contributed by atoms with Crippen LogP contribution in [-0.4, -0.2) is 31.8 Å². The van der Waals surface area contributed by atoms with E-state index in [1.165, 1.54) is 12.8 Å². The summed E-state index contributed by atoms with van der Waals surface area (Å²) in [6.07, 6.45) is 10.4. The lowest BCUT2D eigenvalue weighted by Gasteiger charge is -2.04. The topological polar surface area (TPSA) is 64.7 Å². The number of fused-ring (bicyclic) bond motifs is 1. The van der Waals surface area contributed by atoms with Crippen LogP contribution in [0.25, 0.3) is 17.0 Å². The Balaban J connectivity index is 1.35. The standard InChI is InChI=1S/C19H21N5O/c1-23-12-14(16-4-2-3-5-17(16)23)6-9-19(25)20-11-10-18-22-21-13-24(18)15-7-8-15/h2-6,9,12-13,15H,7-8,10-11H2,1H3,(H,20,25). The first kappa shape index (κ1) is 15.6. The van der Waals surface area contributed by atoms with Crippen LogP contribution in [0.1, 0.15) is 30.3 Å². The van der Waals surface area contributed by atoms with Crippen LogP contribution in [0.2, 0.25) is 0 Å². The van der Waals surface area contributed by atoms with Crippen molar-refractivity contribution in [2.75, 3.05) is 6.54 Å². The predicted octanol–water partition coefficient (Wildman–Crippen LogP) is 2.48. The molecule has 3 aromatic rings. The van der Waals surface area contributed by atoms with Crippen molar-refractivity contribution >= 4 is 22.9 Å². The van der Waals surface area contributed by atoms with E-state index in [9.17, 15) is 4.79 Å². The van der Waals surface area contributed by atoms with Crippen LogP contribution in [0.15, 0.2) is 42.9 Å². The molecule has 1 aliphatic rings. The van der Waals surface area contributed by atoms with E-state index in [1.54, 1.807) is 12.4 Å². The first-order chi connectivity index (χ1) is 12.2. The number of nitrogens with one attached hydrogen (secondary N) is 1. The Morgan fingerprint density at radius 1 is 1.36 bits per heavy atom. The van der Waals surface area contributed by atoms with Crippen molar-refractivity contribution in [3.05, 3.63) is 54.3 Å². The van der Waals surface area contributed by atoms with Crippen LogP contribution in [0, 0.1) is 0 Å². The maximum atomic E-state index is 12.1. The van der Waals surface area contributed by atoms with Gasteiger partial charge in [-0.15, -0.1) is 10.2 Å². The van der Waals surface area contributed by atoms with E-state index in [1.807, 2.05) is 31.5 Å². The fraction of sp³-hybridized carbons (Fsp3) is 0.316. The zero-order valence-corrected chi connectivity index (χ0v) is 14.2. The quantitative estimate of drug-likeness (QED) is 0.704. The number of rotatable bonds is 6. The minimum absolute atomic E-state index is 0.0922. The molecule has 128 valence electrons. The molecule has 0 unspecified atom stereocenters. The Morgan fingerprint density at radius 3 is 3.04 bits per heavy atom. The van der Waals surface area contributed by atoms with E-state index in [-0.39, 0.29) is 5.91 Å². The number of hydrogen-bond acceptors (Lipinski definition) is 3. The van der Waals surface area contributed by atoms with Crippen LogP contribution in [0.3, 0.4) is 0 Å². The summed E-state index contributed by atoms with van der Waals surface area (Å²) in [5.74, 6) is 0.853. The molecule has 0 spiro atoms. The number of hydrogen-bond donors (Lipinski definition) is 1. The number of benzene rings is 1. The van der Waals surface area contributed by atoms with Gasteiger partial charge in [-0.05, 0) is 25.0 Å². The minimum atomic E-state index is -0.0922. The summed E-state index contributed by atoms with van der Waals surface area (Å²) >= 11 is 0. The van der Waals surface area contributed by atoms with E-state index in [4.69, 9.17) is 0 Å². The Morgan fingerprint density at radius 2 is 2.20 bits per heavy atom. The molecule has 4 rings (SSSR count). The zero-order chi connectivity index (χ0) is 17.2. The van der Waals surface area contributed by atoms with Gasteiger partial charge in [-0.25, -0.2) is 0 Å². The molecule has 1 aliphatic carbocycles. The molecule has 0 aliphatic heterocycles. The summed E-state index contributed by atoms with van der Waals surface area (Å²) in [6, 6.07) is 8.73. The molecule has 2 heterocycles. The van der Waals surface area contributed by atoms with Gasteiger partial charge in [-0.3, -0.25) is 4.79 Å². The largest absolute Gasteiger partial charge is 0.352 e. The highest BCUT2D eigenvalue weighted by Crippen LogP contribution is 2.35. The van der Waals surface area contributed by atoms with E-state index in [2.05, 4.69) is 36.8 Å². The molecule has 6 nitrogen and oxygen atoms in total. The van der Waals surface area contributed by atoms with Gasteiger partial charge in [0.1, 0.15) is 12.2 Å². The number of carbonyl (C=O) groups excluding carboxylic acids is 1. The Labute approximate surface area is 146 Å². The van der Waals surface area contributed by atoms with Gasteiger partial charge in [0.2, 0.25) is 5.91 Å². The van der Waals surface area contributed by atoms with Crippen molar-refractivity contribution in [3.8, 4) is 0 Å². The first-order valence-electron chi connectivity index (χ1n) is 8.61. The van der Waals surface area contributed by atoms with E-state index >= 15 is 0 Å². The molecular weight excluding hydrogens is 314 g/mol. The lowest BCUT2D eigenvalue weighted by molar-refractivity contribution is -0.116. The third-order valence-electron chi connectivity index (χ3n) is 4.58. The fourth-order valence-corrected chi connectivity index (χ4v) is 3.13. The summed E-state index contributed by atoms with van der Waals surface area (Å²) in [6.45, 7) is 0.560. The number of carbonyl (C=O) groups is 1. The van der Waals surface area contributed by atoms with Crippen LogP contribution in [0.5, 0.6) is 0 Å². The van der Waals surface area contributed by atoms with Crippen LogP contribution in [-0.2, 0) is 18.3 Å². The molecule has 6 heteroatoms. The van der Waals surface area contributed by atoms with Crippen LogP contribution >= 0.6 is 0 Å². The zero-order valence-electron chi connectivity index (χ0n) is 14.2. The molecule has 1 amide bonds. The van der Waals surface area contributed by atoms with E-state index in [0.29, 0.717) is 19.0 Å². The second kappa shape index (κ2) is 6.55. The highest BCUT2D eigenvalue weighted by Gasteiger charge is 2.25. The van der Waals surface area contributed by atoms with Crippen molar-refractivity contribution in [2.24, 2.45) is 7.05 Å². The normalized spacial score (nSPS) is 14.4. The highest BCUT2D eigenvalue weighted by molar-refractivity contribution is 5.96. The second-order valence-corrected chi connectivity index (χ2v) is 6.47. The third-order valence-corrected chi connectivity index (χ3v) is 4.58. The van der Waals surface area contributed by atoms with Crippen molar-refractivity contribution < 1.29 is 4.79 Å². The average molecular weight is 335 g/mol. The number of amides is 1. The molecular formula is C19H21N5O. The van der Waals surface area contributed by atoms with E-state index < -0.39 is 0 Å². The maximum Gasteiger partial charge on any atom is 0.244 e. The molecule has 1 fully saturated rings. The smallest absolute Gasteiger partial charge is 0.244 e. The summed E-state index contributed by atoms with van der Waals surface area (Å²) in [7, 11) is 2.01. The molecule has 0 radical (unpaired) electrons. The lowest BCUT2D eigenvalue weighted by atomic mass is 10.1. The number of aromatic nitrogens is 4. The van der Waals surface area contributed by atoms with Gasteiger partial charge in [0.25, 0.3) is 0 Å². The Kier molecular flexibility index (Phi) is 4.09. The van der Waals surface area contributed by atoms with Crippen molar-refractivity contribution in [3.63, 3.8) is 0 Å².